The molecule has 4 rings (SSSR count). The van der Waals surface area contributed by atoms with Gasteiger partial charge < -0.3 is 10.2 Å². The van der Waals surface area contributed by atoms with Gasteiger partial charge in [-0.25, -0.2) is 9.18 Å². The van der Waals surface area contributed by atoms with Gasteiger partial charge in [-0.2, -0.15) is 5.10 Å². The first-order valence-electron chi connectivity index (χ1n) is 9.21. The minimum atomic E-state index is -0.215. The molecule has 0 radical (unpaired) electrons. The zero-order chi connectivity index (χ0) is 17.9. The van der Waals surface area contributed by atoms with E-state index < -0.39 is 0 Å². The first kappa shape index (κ1) is 17.0. The molecule has 2 aromatic rings. The van der Waals surface area contributed by atoms with E-state index in [1.807, 2.05) is 34.0 Å². The molecule has 2 aliphatic heterocycles. The fourth-order valence-electron chi connectivity index (χ4n) is 3.82. The number of benzene rings is 1. The van der Waals surface area contributed by atoms with E-state index >= 15 is 0 Å². The summed E-state index contributed by atoms with van der Waals surface area (Å²) in [7, 11) is 0. The monoisotopic (exact) mass is 357 g/mol. The Morgan fingerprint density at radius 1 is 1.19 bits per heavy atom. The van der Waals surface area contributed by atoms with E-state index in [2.05, 4.69) is 15.3 Å². The van der Waals surface area contributed by atoms with Crippen LogP contribution in [0.3, 0.4) is 0 Å². The minimum absolute atomic E-state index is 0.0202. The number of likely N-dealkylation sites (tertiary alicyclic amines) is 1. The van der Waals surface area contributed by atoms with E-state index in [9.17, 15) is 9.18 Å². The van der Waals surface area contributed by atoms with Crippen molar-refractivity contribution in [1.82, 2.24) is 24.9 Å². The summed E-state index contributed by atoms with van der Waals surface area (Å²) in [5.74, 6) is -0.215. The third-order valence-corrected chi connectivity index (χ3v) is 5.15. The van der Waals surface area contributed by atoms with E-state index in [1.165, 1.54) is 12.1 Å². The lowest BCUT2D eigenvalue weighted by Gasteiger charge is -2.34. The average molecular weight is 357 g/mol. The molecule has 1 aromatic carbocycles. The number of carbonyl (C=O) groups is 1. The summed E-state index contributed by atoms with van der Waals surface area (Å²) in [5.41, 5.74) is 2.22. The highest BCUT2D eigenvalue weighted by Crippen LogP contribution is 2.22. The summed E-state index contributed by atoms with van der Waals surface area (Å²) in [5, 5.41) is 7.51. The van der Waals surface area contributed by atoms with E-state index in [4.69, 9.17) is 0 Å². The molecule has 1 fully saturated rings. The molecule has 1 atom stereocenters. The second-order valence-electron chi connectivity index (χ2n) is 7.10. The van der Waals surface area contributed by atoms with Crippen LogP contribution in [0.15, 0.2) is 36.5 Å². The highest BCUT2D eigenvalue weighted by Gasteiger charge is 2.27. The zero-order valence-electron chi connectivity index (χ0n) is 14.8. The Hall–Kier alpha value is -2.41. The standard InChI is InChI=1S/C19H24FN5O/c20-16-5-3-15(4-6-16)12-23-13-17-7-8-22-25(17)18(14-23)11-21-19(26)24-9-1-2-10-24/h3-8,18H,1-2,9-14H2,(H,21,26)/t18-/m1/s1. The number of aromatic nitrogens is 2. The van der Waals surface area contributed by atoms with Gasteiger partial charge in [0.15, 0.2) is 0 Å². The Morgan fingerprint density at radius 3 is 2.73 bits per heavy atom. The van der Waals surface area contributed by atoms with Crippen molar-refractivity contribution < 1.29 is 9.18 Å². The number of carbonyl (C=O) groups excluding carboxylic acids is 1. The maximum atomic E-state index is 13.1. The summed E-state index contributed by atoms with van der Waals surface area (Å²) in [6, 6.07) is 8.78. The molecule has 2 amide bonds. The largest absolute Gasteiger partial charge is 0.336 e. The first-order valence-corrected chi connectivity index (χ1v) is 9.21. The second-order valence-corrected chi connectivity index (χ2v) is 7.10. The molecule has 26 heavy (non-hydrogen) atoms. The van der Waals surface area contributed by atoms with Crippen molar-refractivity contribution in [2.24, 2.45) is 0 Å². The van der Waals surface area contributed by atoms with Crippen LogP contribution in [-0.2, 0) is 13.1 Å². The lowest BCUT2D eigenvalue weighted by Crippen LogP contribution is -2.45. The van der Waals surface area contributed by atoms with Gasteiger partial charge in [0.1, 0.15) is 5.82 Å². The topological polar surface area (TPSA) is 53.4 Å². The predicted octanol–water partition coefficient (Wildman–Crippen LogP) is 2.38. The SMILES string of the molecule is O=C(NC[C@@H]1CN(Cc2ccc(F)cc2)Cc2ccnn21)N1CCCC1. The summed E-state index contributed by atoms with van der Waals surface area (Å²) in [4.78, 5) is 16.5. The van der Waals surface area contributed by atoms with Crippen LogP contribution in [0.2, 0.25) is 0 Å². The highest BCUT2D eigenvalue weighted by atomic mass is 19.1. The summed E-state index contributed by atoms with van der Waals surface area (Å²) >= 11 is 0. The number of nitrogens with one attached hydrogen (secondary N) is 1. The van der Waals surface area contributed by atoms with Crippen molar-refractivity contribution in [2.45, 2.75) is 32.0 Å². The molecule has 7 heteroatoms. The van der Waals surface area contributed by atoms with Crippen LogP contribution in [0.25, 0.3) is 0 Å². The van der Waals surface area contributed by atoms with Crippen molar-refractivity contribution in [3.63, 3.8) is 0 Å². The predicted molar refractivity (Wildman–Crippen MR) is 96.0 cm³/mol. The van der Waals surface area contributed by atoms with E-state index in [1.54, 1.807) is 0 Å². The van der Waals surface area contributed by atoms with E-state index in [-0.39, 0.29) is 17.9 Å². The van der Waals surface area contributed by atoms with Gasteiger partial charge in [-0.05, 0) is 36.6 Å². The molecule has 0 saturated carbocycles. The number of hydrogen-bond donors (Lipinski definition) is 1. The number of halogens is 1. The summed E-state index contributed by atoms with van der Waals surface area (Å²) < 4.78 is 15.1. The maximum absolute atomic E-state index is 13.1. The molecule has 3 heterocycles. The summed E-state index contributed by atoms with van der Waals surface area (Å²) in [6.45, 7) is 4.60. The second kappa shape index (κ2) is 7.45. The van der Waals surface area contributed by atoms with Crippen LogP contribution < -0.4 is 5.32 Å². The Balaban J connectivity index is 1.40. The van der Waals surface area contributed by atoms with Crippen molar-refractivity contribution in [1.29, 1.82) is 0 Å². The molecule has 6 nitrogen and oxygen atoms in total. The molecular formula is C19H24FN5O. The summed E-state index contributed by atoms with van der Waals surface area (Å²) in [6.07, 6.45) is 3.99. The molecule has 0 unspecified atom stereocenters. The van der Waals surface area contributed by atoms with Gasteiger partial charge in [0, 0.05) is 45.5 Å². The quantitative estimate of drug-likeness (QED) is 0.914. The molecule has 1 saturated heterocycles. The fourth-order valence-corrected chi connectivity index (χ4v) is 3.82. The number of urea groups is 1. The van der Waals surface area contributed by atoms with Gasteiger partial charge in [-0.3, -0.25) is 9.58 Å². The zero-order valence-corrected chi connectivity index (χ0v) is 14.8. The molecular weight excluding hydrogens is 333 g/mol. The maximum Gasteiger partial charge on any atom is 0.317 e. The molecule has 0 spiro atoms. The van der Waals surface area contributed by atoms with Crippen LogP contribution in [0, 0.1) is 5.82 Å². The van der Waals surface area contributed by atoms with Gasteiger partial charge in [0.05, 0.1) is 11.7 Å². The Bertz CT molecular complexity index is 754. The number of rotatable bonds is 4. The molecule has 2 aliphatic rings. The molecule has 138 valence electrons. The number of fused-ring (bicyclic) bond motifs is 1. The van der Waals surface area contributed by atoms with Gasteiger partial charge in [-0.15, -0.1) is 0 Å². The third kappa shape index (κ3) is 3.72. The molecule has 1 aromatic heterocycles. The van der Waals surface area contributed by atoms with Crippen LogP contribution in [0.4, 0.5) is 9.18 Å². The number of nitrogens with zero attached hydrogens (tertiary/aromatic N) is 4. The Kier molecular flexibility index (Phi) is 4.88. The van der Waals surface area contributed by atoms with Gasteiger partial charge in [0.25, 0.3) is 0 Å². The van der Waals surface area contributed by atoms with Crippen molar-refractivity contribution >= 4 is 6.03 Å². The number of amides is 2. The first-order chi connectivity index (χ1) is 12.7. The normalized spacial score (nSPS) is 20.2. The Morgan fingerprint density at radius 2 is 1.96 bits per heavy atom. The van der Waals surface area contributed by atoms with Gasteiger partial charge >= 0.3 is 6.03 Å². The lowest BCUT2D eigenvalue weighted by atomic mass is 10.1. The number of hydrogen-bond acceptors (Lipinski definition) is 3. The van der Waals surface area contributed by atoms with Crippen LogP contribution >= 0.6 is 0 Å². The third-order valence-electron chi connectivity index (χ3n) is 5.15. The van der Waals surface area contributed by atoms with E-state index in [0.29, 0.717) is 6.54 Å². The highest BCUT2D eigenvalue weighted by molar-refractivity contribution is 5.74. The molecule has 0 aliphatic carbocycles. The Labute approximate surface area is 152 Å². The van der Waals surface area contributed by atoms with Crippen molar-refractivity contribution in [3.05, 3.63) is 53.6 Å². The molecule has 1 N–H and O–H groups in total. The van der Waals surface area contributed by atoms with Crippen LogP contribution in [0.5, 0.6) is 0 Å². The van der Waals surface area contributed by atoms with Gasteiger partial charge in [-0.1, -0.05) is 12.1 Å². The minimum Gasteiger partial charge on any atom is -0.336 e. The fraction of sp³-hybridized carbons (Fsp3) is 0.474. The van der Waals surface area contributed by atoms with E-state index in [0.717, 1.165) is 56.8 Å². The van der Waals surface area contributed by atoms with Crippen LogP contribution in [-0.4, -0.2) is 51.8 Å². The van der Waals surface area contributed by atoms with Crippen LogP contribution in [0.1, 0.15) is 30.1 Å². The van der Waals surface area contributed by atoms with Crippen molar-refractivity contribution in [2.75, 3.05) is 26.2 Å². The van der Waals surface area contributed by atoms with Crippen molar-refractivity contribution in [3.8, 4) is 0 Å². The van der Waals surface area contributed by atoms with Gasteiger partial charge in [0.2, 0.25) is 0 Å². The average Bonchev–Trinajstić information content (AvgIpc) is 3.33. The molecule has 0 bridgehead atoms. The smallest absolute Gasteiger partial charge is 0.317 e. The lowest BCUT2D eigenvalue weighted by molar-refractivity contribution is 0.161.